The van der Waals surface area contributed by atoms with Gasteiger partial charge >= 0.3 is 0 Å². The van der Waals surface area contributed by atoms with Crippen molar-refractivity contribution >= 4 is 23.0 Å². The molecule has 1 aliphatic rings. The molecule has 0 amide bonds. The number of hydrogen-bond donors (Lipinski definition) is 0. The van der Waals surface area contributed by atoms with E-state index < -0.39 is 0 Å². The molecule has 0 unspecified atom stereocenters. The van der Waals surface area contributed by atoms with Gasteiger partial charge in [0.2, 0.25) is 0 Å². The molecule has 1 aliphatic heterocycles. The zero-order valence-electron chi connectivity index (χ0n) is 14.7. The van der Waals surface area contributed by atoms with Crippen LogP contribution in [0.5, 0.6) is 0 Å². The van der Waals surface area contributed by atoms with Crippen LogP contribution < -0.4 is 9.80 Å². The average molecular weight is 355 g/mol. The van der Waals surface area contributed by atoms with Crippen molar-refractivity contribution < 1.29 is 0 Å². The first-order valence-corrected chi connectivity index (χ1v) is 8.88. The van der Waals surface area contributed by atoms with Crippen LogP contribution in [0.25, 0.3) is 0 Å². The fourth-order valence-corrected chi connectivity index (χ4v) is 3.28. The van der Waals surface area contributed by atoms with Crippen LogP contribution in [0.2, 0.25) is 5.02 Å². The number of benzene rings is 2. The Bertz CT molecular complexity index is 756. The summed E-state index contributed by atoms with van der Waals surface area (Å²) in [5.41, 5.74) is 4.23. The molecule has 2 aromatic carbocycles. The van der Waals surface area contributed by atoms with Crippen LogP contribution >= 0.6 is 11.6 Å². The number of anilines is 2. The average Bonchev–Trinajstić information content (AvgIpc) is 2.63. The molecule has 3 rings (SSSR count). The summed E-state index contributed by atoms with van der Waals surface area (Å²) < 4.78 is 0. The second kappa shape index (κ2) is 7.77. The van der Waals surface area contributed by atoms with E-state index in [1.165, 1.54) is 5.69 Å². The summed E-state index contributed by atoms with van der Waals surface area (Å²) in [5.74, 6) is 0. The van der Waals surface area contributed by atoms with Crippen molar-refractivity contribution in [2.45, 2.75) is 6.54 Å². The van der Waals surface area contributed by atoms with E-state index in [0.717, 1.165) is 54.6 Å². The van der Waals surface area contributed by atoms with E-state index in [1.54, 1.807) is 0 Å². The maximum absolute atomic E-state index is 9.39. The molecule has 0 aliphatic carbocycles. The van der Waals surface area contributed by atoms with E-state index in [9.17, 15) is 5.26 Å². The maximum Gasteiger partial charge on any atom is 0.0995 e. The number of rotatable bonds is 4. The Kier molecular flexibility index (Phi) is 5.47. The highest BCUT2D eigenvalue weighted by molar-refractivity contribution is 6.30. The molecule has 4 nitrogen and oxygen atoms in total. The summed E-state index contributed by atoms with van der Waals surface area (Å²) in [6, 6.07) is 16.4. The molecule has 1 fully saturated rings. The second-order valence-electron chi connectivity index (χ2n) is 6.59. The molecule has 0 saturated carbocycles. The van der Waals surface area contributed by atoms with E-state index in [4.69, 9.17) is 11.6 Å². The quantitative estimate of drug-likeness (QED) is 0.840. The van der Waals surface area contributed by atoms with Gasteiger partial charge in [-0.05, 0) is 48.0 Å². The number of hydrogen-bond acceptors (Lipinski definition) is 4. The van der Waals surface area contributed by atoms with Crippen molar-refractivity contribution in [3.05, 3.63) is 58.6 Å². The van der Waals surface area contributed by atoms with E-state index in [1.807, 2.05) is 38.4 Å². The number of halogens is 1. The third-order valence-corrected chi connectivity index (χ3v) is 4.94. The molecule has 5 heteroatoms. The van der Waals surface area contributed by atoms with Crippen molar-refractivity contribution in [1.29, 1.82) is 5.26 Å². The molecule has 0 N–H and O–H groups in total. The summed E-state index contributed by atoms with van der Waals surface area (Å²) in [4.78, 5) is 6.87. The molecule has 0 bridgehead atoms. The van der Waals surface area contributed by atoms with Gasteiger partial charge in [0.25, 0.3) is 0 Å². The van der Waals surface area contributed by atoms with Crippen molar-refractivity contribution in [3.8, 4) is 6.07 Å². The molecule has 0 atom stereocenters. The van der Waals surface area contributed by atoms with Crippen molar-refractivity contribution in [2.75, 3.05) is 50.1 Å². The van der Waals surface area contributed by atoms with Crippen LogP contribution in [0, 0.1) is 11.3 Å². The van der Waals surface area contributed by atoms with Crippen molar-refractivity contribution in [1.82, 2.24) is 4.90 Å². The topological polar surface area (TPSA) is 33.5 Å². The van der Waals surface area contributed by atoms with Crippen molar-refractivity contribution in [2.24, 2.45) is 0 Å². The Morgan fingerprint density at radius 3 is 2.32 bits per heavy atom. The predicted octanol–water partition coefficient (Wildman–Crippen LogP) is 3.60. The minimum atomic E-state index is 0.769. The van der Waals surface area contributed by atoms with Gasteiger partial charge in [0.1, 0.15) is 0 Å². The predicted molar refractivity (Wildman–Crippen MR) is 104 cm³/mol. The molecular formula is C20H23ClN4. The molecule has 130 valence electrons. The maximum atomic E-state index is 9.39. The van der Waals surface area contributed by atoms with E-state index in [2.05, 4.69) is 39.0 Å². The Balaban J connectivity index is 1.65. The van der Waals surface area contributed by atoms with Gasteiger partial charge in [-0.2, -0.15) is 5.26 Å². The van der Waals surface area contributed by atoms with Crippen LogP contribution in [-0.4, -0.2) is 45.2 Å². The first kappa shape index (κ1) is 17.6. The van der Waals surface area contributed by atoms with Gasteiger partial charge in [-0.1, -0.05) is 11.6 Å². The molecule has 1 saturated heterocycles. The summed E-state index contributed by atoms with van der Waals surface area (Å²) in [7, 11) is 4.05. The summed E-state index contributed by atoms with van der Waals surface area (Å²) in [5, 5.41) is 10.2. The summed E-state index contributed by atoms with van der Waals surface area (Å²) in [6.45, 7) is 4.76. The number of nitriles is 1. The first-order chi connectivity index (χ1) is 12.1. The summed E-state index contributed by atoms with van der Waals surface area (Å²) >= 11 is 5.97. The number of nitrogens with zero attached hydrogens (tertiary/aromatic N) is 4. The van der Waals surface area contributed by atoms with Gasteiger partial charge < -0.3 is 9.80 Å². The monoisotopic (exact) mass is 354 g/mol. The minimum absolute atomic E-state index is 0.769. The van der Waals surface area contributed by atoms with E-state index in [-0.39, 0.29) is 0 Å². The van der Waals surface area contributed by atoms with Gasteiger partial charge in [-0.3, -0.25) is 4.90 Å². The van der Waals surface area contributed by atoms with Crippen LogP contribution in [0.4, 0.5) is 11.4 Å². The van der Waals surface area contributed by atoms with Gasteiger partial charge in [-0.25, -0.2) is 0 Å². The highest BCUT2D eigenvalue weighted by atomic mass is 35.5. The van der Waals surface area contributed by atoms with Crippen LogP contribution in [-0.2, 0) is 6.54 Å². The Labute approximate surface area is 154 Å². The largest absolute Gasteiger partial charge is 0.378 e. The minimum Gasteiger partial charge on any atom is -0.378 e. The normalized spacial score (nSPS) is 15.0. The van der Waals surface area contributed by atoms with Crippen LogP contribution in [0.1, 0.15) is 11.1 Å². The second-order valence-corrected chi connectivity index (χ2v) is 7.02. The molecule has 2 aromatic rings. The molecule has 0 radical (unpaired) electrons. The van der Waals surface area contributed by atoms with E-state index >= 15 is 0 Å². The molecule has 0 spiro atoms. The van der Waals surface area contributed by atoms with E-state index in [0.29, 0.717) is 0 Å². The third kappa shape index (κ3) is 4.25. The molecule has 25 heavy (non-hydrogen) atoms. The lowest BCUT2D eigenvalue weighted by Crippen LogP contribution is -2.46. The highest BCUT2D eigenvalue weighted by Gasteiger charge is 2.18. The SMILES string of the molecule is CN(C)c1ccc(C#N)c(CN2CCN(c3ccc(Cl)cc3)CC2)c1. The fourth-order valence-electron chi connectivity index (χ4n) is 3.16. The third-order valence-electron chi connectivity index (χ3n) is 4.68. The Morgan fingerprint density at radius 1 is 1.04 bits per heavy atom. The molecular weight excluding hydrogens is 332 g/mol. The first-order valence-electron chi connectivity index (χ1n) is 8.50. The fraction of sp³-hybridized carbons (Fsp3) is 0.350. The van der Waals surface area contributed by atoms with Crippen molar-refractivity contribution in [3.63, 3.8) is 0 Å². The van der Waals surface area contributed by atoms with Crippen LogP contribution in [0.15, 0.2) is 42.5 Å². The zero-order valence-corrected chi connectivity index (χ0v) is 15.5. The van der Waals surface area contributed by atoms with Gasteiger partial charge in [0, 0.05) is 63.2 Å². The smallest absolute Gasteiger partial charge is 0.0995 e. The van der Waals surface area contributed by atoms with Crippen LogP contribution in [0.3, 0.4) is 0 Å². The zero-order chi connectivity index (χ0) is 17.8. The lowest BCUT2D eigenvalue weighted by molar-refractivity contribution is 0.249. The molecule has 0 aromatic heterocycles. The van der Waals surface area contributed by atoms with Gasteiger partial charge in [0.05, 0.1) is 11.6 Å². The summed E-state index contributed by atoms with van der Waals surface area (Å²) in [6.07, 6.45) is 0. The van der Waals surface area contributed by atoms with Gasteiger partial charge in [0.15, 0.2) is 0 Å². The highest BCUT2D eigenvalue weighted by Crippen LogP contribution is 2.22. The molecule has 1 heterocycles. The Hall–Kier alpha value is -2.22. The lowest BCUT2D eigenvalue weighted by Gasteiger charge is -2.36. The lowest BCUT2D eigenvalue weighted by atomic mass is 10.1. The standard InChI is InChI=1S/C20H23ClN4/c1-23(2)20-6-3-16(14-22)17(13-20)15-24-9-11-25(12-10-24)19-7-4-18(21)5-8-19/h3-8,13H,9-12,15H2,1-2H3. The van der Waals surface area contributed by atoms with Gasteiger partial charge in [-0.15, -0.1) is 0 Å². The number of piperazine rings is 1. The Morgan fingerprint density at radius 2 is 1.72 bits per heavy atom.